The molecule has 0 amide bonds. The molecule has 0 bridgehead atoms. The third-order valence-corrected chi connectivity index (χ3v) is 4.21. The SMILES string of the molecule is Fc1ccc(-c2cc(-c3ccccc3)nc(NN=Cc3ccccc3F)n2)cc1. The molecule has 29 heavy (non-hydrogen) atoms. The predicted molar refractivity (Wildman–Crippen MR) is 110 cm³/mol. The lowest BCUT2D eigenvalue weighted by Crippen LogP contribution is -2.00. The summed E-state index contributed by atoms with van der Waals surface area (Å²) in [5.74, 6) is -0.443. The summed E-state index contributed by atoms with van der Waals surface area (Å²) in [6, 6.07) is 23.8. The number of nitrogens with zero attached hydrogens (tertiary/aromatic N) is 3. The second kappa shape index (κ2) is 8.39. The molecule has 1 heterocycles. The maximum Gasteiger partial charge on any atom is 0.244 e. The van der Waals surface area contributed by atoms with Gasteiger partial charge in [-0.2, -0.15) is 5.10 Å². The van der Waals surface area contributed by atoms with Crippen LogP contribution in [-0.4, -0.2) is 16.2 Å². The fraction of sp³-hybridized carbons (Fsp3) is 0. The van der Waals surface area contributed by atoms with Crippen LogP contribution in [0.25, 0.3) is 22.5 Å². The molecule has 4 nitrogen and oxygen atoms in total. The summed E-state index contributed by atoms with van der Waals surface area (Å²) in [6.45, 7) is 0. The fourth-order valence-electron chi connectivity index (χ4n) is 2.76. The Morgan fingerprint density at radius 1 is 0.724 bits per heavy atom. The number of benzene rings is 3. The maximum atomic E-state index is 13.7. The van der Waals surface area contributed by atoms with E-state index in [4.69, 9.17) is 0 Å². The van der Waals surface area contributed by atoms with Gasteiger partial charge in [-0.25, -0.2) is 24.2 Å². The van der Waals surface area contributed by atoms with E-state index < -0.39 is 0 Å². The first-order chi connectivity index (χ1) is 14.2. The van der Waals surface area contributed by atoms with E-state index in [9.17, 15) is 8.78 Å². The van der Waals surface area contributed by atoms with Crippen molar-refractivity contribution in [1.82, 2.24) is 9.97 Å². The zero-order valence-corrected chi connectivity index (χ0v) is 15.3. The van der Waals surface area contributed by atoms with Gasteiger partial charge in [-0.3, -0.25) is 0 Å². The van der Waals surface area contributed by atoms with Gasteiger partial charge in [0, 0.05) is 16.7 Å². The normalized spacial score (nSPS) is 11.0. The van der Waals surface area contributed by atoms with Gasteiger partial charge in [0.1, 0.15) is 11.6 Å². The minimum absolute atomic E-state index is 0.248. The maximum absolute atomic E-state index is 13.7. The number of hydrogen-bond acceptors (Lipinski definition) is 4. The van der Waals surface area contributed by atoms with E-state index in [1.807, 2.05) is 36.4 Å². The molecule has 4 rings (SSSR count). The Morgan fingerprint density at radius 3 is 2.03 bits per heavy atom. The van der Waals surface area contributed by atoms with Gasteiger partial charge in [-0.05, 0) is 36.4 Å². The van der Waals surface area contributed by atoms with Crippen LogP contribution in [0.3, 0.4) is 0 Å². The highest BCUT2D eigenvalue weighted by atomic mass is 19.1. The van der Waals surface area contributed by atoms with E-state index in [0.717, 1.165) is 11.1 Å². The molecular formula is C23H16F2N4. The van der Waals surface area contributed by atoms with Gasteiger partial charge < -0.3 is 0 Å². The minimum Gasteiger partial charge on any atom is -0.245 e. The van der Waals surface area contributed by atoms with Crippen molar-refractivity contribution in [3.05, 3.63) is 102 Å². The molecule has 142 valence electrons. The quantitative estimate of drug-likeness (QED) is 0.362. The lowest BCUT2D eigenvalue weighted by molar-refractivity contribution is 0.626. The molecule has 0 aliphatic rings. The van der Waals surface area contributed by atoms with Crippen LogP contribution in [-0.2, 0) is 0 Å². The Morgan fingerprint density at radius 2 is 1.34 bits per heavy atom. The van der Waals surface area contributed by atoms with Crippen LogP contribution < -0.4 is 5.43 Å². The third kappa shape index (κ3) is 4.50. The Labute approximate surface area is 166 Å². The molecule has 0 radical (unpaired) electrons. The number of hydrazone groups is 1. The average Bonchev–Trinajstić information content (AvgIpc) is 2.76. The monoisotopic (exact) mass is 386 g/mol. The first-order valence-electron chi connectivity index (χ1n) is 8.93. The minimum atomic E-state index is -0.371. The Balaban J connectivity index is 1.69. The predicted octanol–water partition coefficient (Wildman–Crippen LogP) is 5.53. The van der Waals surface area contributed by atoms with Crippen LogP contribution in [0.1, 0.15) is 5.56 Å². The molecule has 0 saturated carbocycles. The first kappa shape index (κ1) is 18.4. The van der Waals surface area contributed by atoms with Gasteiger partial charge in [0.15, 0.2) is 0 Å². The largest absolute Gasteiger partial charge is 0.245 e. The summed E-state index contributed by atoms with van der Waals surface area (Å²) in [5, 5.41) is 4.06. The molecule has 3 aromatic carbocycles. The van der Waals surface area contributed by atoms with E-state index in [-0.39, 0.29) is 17.6 Å². The van der Waals surface area contributed by atoms with E-state index in [0.29, 0.717) is 17.0 Å². The van der Waals surface area contributed by atoms with Crippen LogP contribution >= 0.6 is 0 Å². The molecule has 0 aliphatic heterocycles. The Bertz CT molecular complexity index is 1140. The molecule has 1 N–H and O–H groups in total. The standard InChI is InChI=1S/C23H16F2N4/c24-19-12-10-17(11-13-19)22-14-21(16-6-2-1-3-7-16)27-23(28-22)29-26-15-18-8-4-5-9-20(18)25/h1-15H,(H,27,28,29). The molecule has 4 aromatic rings. The summed E-state index contributed by atoms with van der Waals surface area (Å²) in [7, 11) is 0. The molecular weight excluding hydrogens is 370 g/mol. The summed E-state index contributed by atoms with van der Waals surface area (Å²) in [5.41, 5.74) is 6.05. The number of anilines is 1. The number of halogens is 2. The average molecular weight is 386 g/mol. The van der Waals surface area contributed by atoms with E-state index in [1.165, 1.54) is 24.4 Å². The summed E-state index contributed by atoms with van der Waals surface area (Å²) in [6.07, 6.45) is 1.37. The van der Waals surface area contributed by atoms with Gasteiger partial charge in [0.05, 0.1) is 17.6 Å². The van der Waals surface area contributed by atoms with Crippen molar-refractivity contribution >= 4 is 12.2 Å². The van der Waals surface area contributed by atoms with Crippen LogP contribution in [0.2, 0.25) is 0 Å². The molecule has 0 unspecified atom stereocenters. The molecule has 0 atom stereocenters. The van der Waals surface area contributed by atoms with Gasteiger partial charge >= 0.3 is 0 Å². The van der Waals surface area contributed by atoms with Crippen molar-refractivity contribution < 1.29 is 8.78 Å². The summed E-state index contributed by atoms with van der Waals surface area (Å²) in [4.78, 5) is 8.96. The van der Waals surface area contributed by atoms with Crippen molar-refractivity contribution in [1.29, 1.82) is 0 Å². The van der Waals surface area contributed by atoms with E-state index in [2.05, 4.69) is 20.5 Å². The highest BCUT2D eigenvalue weighted by Gasteiger charge is 2.09. The number of nitrogens with one attached hydrogen (secondary N) is 1. The van der Waals surface area contributed by atoms with Gasteiger partial charge in [-0.15, -0.1) is 0 Å². The van der Waals surface area contributed by atoms with Crippen LogP contribution in [0, 0.1) is 11.6 Å². The second-order valence-electron chi connectivity index (χ2n) is 6.23. The molecule has 6 heteroatoms. The smallest absolute Gasteiger partial charge is 0.244 e. The lowest BCUT2D eigenvalue weighted by atomic mass is 10.1. The van der Waals surface area contributed by atoms with Gasteiger partial charge in [-0.1, -0.05) is 48.5 Å². The molecule has 0 saturated heterocycles. The van der Waals surface area contributed by atoms with Crippen LogP contribution in [0.15, 0.2) is 90.0 Å². The topological polar surface area (TPSA) is 50.2 Å². The number of aromatic nitrogens is 2. The molecule has 0 fully saturated rings. The zero-order chi connectivity index (χ0) is 20.1. The van der Waals surface area contributed by atoms with E-state index >= 15 is 0 Å². The fourth-order valence-corrected chi connectivity index (χ4v) is 2.76. The summed E-state index contributed by atoms with van der Waals surface area (Å²) >= 11 is 0. The van der Waals surface area contributed by atoms with Crippen molar-refractivity contribution in [3.63, 3.8) is 0 Å². The molecule has 0 aliphatic carbocycles. The summed E-state index contributed by atoms with van der Waals surface area (Å²) < 4.78 is 27.0. The number of hydrogen-bond donors (Lipinski definition) is 1. The van der Waals surface area contributed by atoms with Crippen molar-refractivity contribution in [2.75, 3.05) is 5.43 Å². The van der Waals surface area contributed by atoms with Crippen molar-refractivity contribution in [2.45, 2.75) is 0 Å². The van der Waals surface area contributed by atoms with Crippen molar-refractivity contribution in [2.24, 2.45) is 5.10 Å². The van der Waals surface area contributed by atoms with Crippen LogP contribution in [0.4, 0.5) is 14.7 Å². The van der Waals surface area contributed by atoms with Crippen LogP contribution in [0.5, 0.6) is 0 Å². The van der Waals surface area contributed by atoms with E-state index in [1.54, 1.807) is 30.3 Å². The first-order valence-corrected chi connectivity index (χ1v) is 8.93. The second-order valence-corrected chi connectivity index (χ2v) is 6.23. The molecule has 0 spiro atoms. The van der Waals surface area contributed by atoms with Gasteiger partial charge in [0.25, 0.3) is 0 Å². The lowest BCUT2D eigenvalue weighted by Gasteiger charge is -2.08. The Hall–Kier alpha value is -3.93. The van der Waals surface area contributed by atoms with Crippen molar-refractivity contribution in [3.8, 4) is 22.5 Å². The molecule has 1 aromatic heterocycles. The third-order valence-electron chi connectivity index (χ3n) is 4.21. The zero-order valence-electron chi connectivity index (χ0n) is 15.3. The number of rotatable bonds is 5. The highest BCUT2D eigenvalue weighted by molar-refractivity contribution is 5.80. The van der Waals surface area contributed by atoms with Gasteiger partial charge in [0.2, 0.25) is 5.95 Å². The Kier molecular flexibility index (Phi) is 5.33. The highest BCUT2D eigenvalue weighted by Crippen LogP contribution is 2.25.